The fraction of sp³-hybridized carbons (Fsp3) is 0.300. The number of carbonyl (C=O) groups excluding carboxylic acids is 1. The molecule has 0 spiro atoms. The van der Waals surface area contributed by atoms with E-state index in [9.17, 15) is 9.18 Å². The van der Waals surface area contributed by atoms with Crippen LogP contribution in [0.5, 0.6) is 0 Å². The molecule has 0 aliphatic rings. The van der Waals surface area contributed by atoms with Crippen molar-refractivity contribution in [3.63, 3.8) is 0 Å². The molecular weight excluding hydrogens is 197 g/mol. The zero-order chi connectivity index (χ0) is 11.4. The quantitative estimate of drug-likeness (QED) is 0.776. The molecule has 1 aromatic carbocycles. The van der Waals surface area contributed by atoms with Gasteiger partial charge in [-0.3, -0.25) is 0 Å². The van der Waals surface area contributed by atoms with Crippen LogP contribution in [-0.2, 0) is 6.54 Å². The van der Waals surface area contributed by atoms with Crippen LogP contribution in [0, 0.1) is 5.82 Å². The van der Waals surface area contributed by atoms with Crippen LogP contribution in [-0.4, -0.2) is 25.0 Å². The van der Waals surface area contributed by atoms with Crippen molar-refractivity contribution in [2.45, 2.75) is 6.54 Å². The molecule has 0 saturated carbocycles. The Morgan fingerprint density at radius 3 is 2.73 bits per heavy atom. The number of hydrogen-bond donors (Lipinski definition) is 2. The van der Waals surface area contributed by atoms with Crippen molar-refractivity contribution in [1.29, 1.82) is 0 Å². The van der Waals surface area contributed by atoms with E-state index in [4.69, 9.17) is 5.73 Å². The van der Waals surface area contributed by atoms with Crippen LogP contribution in [0.4, 0.5) is 14.9 Å². The molecule has 0 atom stereocenters. The summed E-state index contributed by atoms with van der Waals surface area (Å²) in [5.41, 5.74) is 6.58. The highest BCUT2D eigenvalue weighted by atomic mass is 19.1. The van der Waals surface area contributed by atoms with E-state index < -0.39 is 5.82 Å². The van der Waals surface area contributed by atoms with Gasteiger partial charge in [0.05, 0.1) is 0 Å². The lowest BCUT2D eigenvalue weighted by Gasteiger charge is -2.14. The van der Waals surface area contributed by atoms with Gasteiger partial charge in [0.1, 0.15) is 5.82 Å². The van der Waals surface area contributed by atoms with Gasteiger partial charge in [-0.1, -0.05) is 6.07 Å². The molecule has 0 heterocycles. The molecule has 1 aromatic rings. The highest BCUT2D eigenvalue weighted by Crippen LogP contribution is 2.16. The van der Waals surface area contributed by atoms with Gasteiger partial charge < -0.3 is 16.0 Å². The summed E-state index contributed by atoms with van der Waals surface area (Å²) in [5, 5.41) is 2.57. The van der Waals surface area contributed by atoms with Gasteiger partial charge in [0.15, 0.2) is 0 Å². The third kappa shape index (κ3) is 2.92. The van der Waals surface area contributed by atoms with E-state index in [1.165, 1.54) is 17.0 Å². The average Bonchev–Trinajstić information content (AvgIpc) is 2.18. The second kappa shape index (κ2) is 4.75. The second-order valence-electron chi connectivity index (χ2n) is 3.33. The first kappa shape index (κ1) is 11.5. The van der Waals surface area contributed by atoms with E-state index in [0.29, 0.717) is 11.3 Å². The lowest BCUT2D eigenvalue weighted by Crippen LogP contribution is -2.28. The van der Waals surface area contributed by atoms with E-state index in [2.05, 4.69) is 5.32 Å². The standard InChI is InChI=1S/C10H14FN3O/c1-14(2)10(15)13-9-5-8(11)4-3-7(9)6-12/h3-5H,6,12H2,1-2H3,(H,13,15). The summed E-state index contributed by atoms with van der Waals surface area (Å²) < 4.78 is 12.9. The van der Waals surface area contributed by atoms with Crippen molar-refractivity contribution in [3.8, 4) is 0 Å². The summed E-state index contributed by atoms with van der Waals surface area (Å²) in [6, 6.07) is 3.81. The van der Waals surface area contributed by atoms with Crippen molar-refractivity contribution in [2.24, 2.45) is 5.73 Å². The fourth-order valence-electron chi connectivity index (χ4n) is 1.07. The van der Waals surface area contributed by atoms with Gasteiger partial charge in [0, 0.05) is 26.3 Å². The number of amides is 2. The lowest BCUT2D eigenvalue weighted by molar-refractivity contribution is 0.230. The minimum atomic E-state index is -0.402. The molecule has 3 N–H and O–H groups in total. The SMILES string of the molecule is CN(C)C(=O)Nc1cc(F)ccc1CN. The predicted octanol–water partition coefficient (Wildman–Crippen LogP) is 1.38. The molecular formula is C10H14FN3O. The van der Waals surface area contributed by atoms with Gasteiger partial charge in [-0.25, -0.2) is 9.18 Å². The Balaban J connectivity index is 2.92. The Morgan fingerprint density at radius 1 is 1.53 bits per heavy atom. The number of nitrogens with zero attached hydrogens (tertiary/aromatic N) is 1. The number of urea groups is 1. The van der Waals surface area contributed by atoms with Gasteiger partial charge >= 0.3 is 6.03 Å². The number of hydrogen-bond acceptors (Lipinski definition) is 2. The maximum Gasteiger partial charge on any atom is 0.321 e. The summed E-state index contributed by atoms with van der Waals surface area (Å²) in [7, 11) is 3.22. The van der Waals surface area contributed by atoms with E-state index >= 15 is 0 Å². The molecule has 0 radical (unpaired) electrons. The van der Waals surface area contributed by atoms with Gasteiger partial charge in [0.25, 0.3) is 0 Å². The van der Waals surface area contributed by atoms with Crippen LogP contribution in [0.25, 0.3) is 0 Å². The number of nitrogens with two attached hydrogens (primary N) is 1. The van der Waals surface area contributed by atoms with Crippen LogP contribution in [0.2, 0.25) is 0 Å². The molecule has 0 unspecified atom stereocenters. The number of anilines is 1. The number of benzene rings is 1. The van der Waals surface area contributed by atoms with Crippen molar-refractivity contribution in [1.82, 2.24) is 4.90 Å². The maximum absolute atomic E-state index is 12.9. The van der Waals surface area contributed by atoms with Crippen LogP contribution < -0.4 is 11.1 Å². The largest absolute Gasteiger partial charge is 0.331 e. The second-order valence-corrected chi connectivity index (χ2v) is 3.33. The average molecular weight is 211 g/mol. The number of rotatable bonds is 2. The summed E-state index contributed by atoms with van der Waals surface area (Å²) in [4.78, 5) is 12.7. The monoisotopic (exact) mass is 211 g/mol. The first-order valence-corrected chi connectivity index (χ1v) is 4.51. The van der Waals surface area contributed by atoms with Crippen molar-refractivity contribution >= 4 is 11.7 Å². The third-order valence-corrected chi connectivity index (χ3v) is 1.94. The van der Waals surface area contributed by atoms with Crippen LogP contribution in [0.3, 0.4) is 0 Å². The fourth-order valence-corrected chi connectivity index (χ4v) is 1.07. The molecule has 2 amide bonds. The van der Waals surface area contributed by atoms with Crippen molar-refractivity contribution < 1.29 is 9.18 Å². The smallest absolute Gasteiger partial charge is 0.321 e. The van der Waals surface area contributed by atoms with Crippen LogP contribution in [0.1, 0.15) is 5.56 Å². The Kier molecular flexibility index (Phi) is 3.62. The minimum Gasteiger partial charge on any atom is -0.331 e. The molecule has 0 aliphatic heterocycles. The maximum atomic E-state index is 12.9. The minimum absolute atomic E-state index is 0.253. The molecule has 0 bridgehead atoms. The van der Waals surface area contributed by atoms with E-state index in [0.717, 1.165) is 0 Å². The molecule has 1 rings (SSSR count). The molecule has 82 valence electrons. The van der Waals surface area contributed by atoms with E-state index in [1.54, 1.807) is 20.2 Å². The third-order valence-electron chi connectivity index (χ3n) is 1.94. The molecule has 15 heavy (non-hydrogen) atoms. The van der Waals surface area contributed by atoms with Gasteiger partial charge in [-0.05, 0) is 17.7 Å². The Bertz CT molecular complexity index is 366. The Hall–Kier alpha value is -1.62. The number of nitrogens with one attached hydrogen (secondary N) is 1. The highest BCUT2D eigenvalue weighted by molar-refractivity contribution is 5.89. The molecule has 5 heteroatoms. The zero-order valence-corrected chi connectivity index (χ0v) is 8.75. The van der Waals surface area contributed by atoms with E-state index in [1.807, 2.05) is 0 Å². The first-order chi connectivity index (χ1) is 7.04. The molecule has 0 aromatic heterocycles. The molecule has 4 nitrogen and oxygen atoms in total. The molecule has 0 aliphatic carbocycles. The van der Waals surface area contributed by atoms with Crippen LogP contribution >= 0.6 is 0 Å². The van der Waals surface area contributed by atoms with Gasteiger partial charge in [-0.2, -0.15) is 0 Å². The Morgan fingerprint density at radius 2 is 2.20 bits per heavy atom. The predicted molar refractivity (Wildman–Crippen MR) is 57.0 cm³/mol. The van der Waals surface area contributed by atoms with Crippen LogP contribution in [0.15, 0.2) is 18.2 Å². The summed E-state index contributed by atoms with van der Waals surface area (Å²) in [6.07, 6.45) is 0. The molecule has 0 saturated heterocycles. The normalized spacial score (nSPS) is 9.87. The summed E-state index contributed by atoms with van der Waals surface area (Å²) in [6.45, 7) is 0.253. The van der Waals surface area contributed by atoms with Crippen molar-refractivity contribution in [2.75, 3.05) is 19.4 Å². The number of halogens is 1. The first-order valence-electron chi connectivity index (χ1n) is 4.51. The van der Waals surface area contributed by atoms with E-state index in [-0.39, 0.29) is 12.6 Å². The van der Waals surface area contributed by atoms with Gasteiger partial charge in [-0.15, -0.1) is 0 Å². The van der Waals surface area contributed by atoms with Crippen molar-refractivity contribution in [3.05, 3.63) is 29.6 Å². The topological polar surface area (TPSA) is 58.4 Å². The summed E-state index contributed by atoms with van der Waals surface area (Å²) in [5.74, 6) is -0.402. The zero-order valence-electron chi connectivity index (χ0n) is 8.75. The highest BCUT2D eigenvalue weighted by Gasteiger charge is 2.08. The Labute approximate surface area is 87.9 Å². The summed E-state index contributed by atoms with van der Waals surface area (Å²) >= 11 is 0. The number of carbonyl (C=O) groups is 1. The lowest BCUT2D eigenvalue weighted by atomic mass is 10.2. The van der Waals surface area contributed by atoms with Gasteiger partial charge in [0.2, 0.25) is 0 Å². The molecule has 0 fully saturated rings.